The molecule has 0 radical (unpaired) electrons. The first-order valence-corrected chi connectivity index (χ1v) is 11.2. The van der Waals surface area contributed by atoms with E-state index in [1.807, 2.05) is 43.5 Å². The normalized spacial score (nSPS) is 13.8. The fourth-order valence-corrected chi connectivity index (χ4v) is 4.84. The number of H-pyrrole nitrogens is 1. The summed E-state index contributed by atoms with van der Waals surface area (Å²) in [6.07, 6.45) is 4.30. The number of pyridine rings is 1. The molecule has 3 N–H and O–H groups in total. The molecular weight excluding hydrogens is 416 g/mol. The van der Waals surface area contributed by atoms with Gasteiger partial charge >= 0.3 is 0 Å². The number of fused-ring (bicyclic) bond motifs is 2. The Kier molecular flexibility index (Phi) is 5.24. The van der Waals surface area contributed by atoms with Gasteiger partial charge in [0.2, 0.25) is 11.5 Å². The maximum Gasteiger partial charge on any atom is 0.248 e. The van der Waals surface area contributed by atoms with Crippen LogP contribution in [0.2, 0.25) is 0 Å². The Hall–Kier alpha value is -3.87. The minimum Gasteiger partial charge on any atom is -0.371 e. The van der Waals surface area contributed by atoms with Gasteiger partial charge in [0, 0.05) is 64.8 Å². The number of Topliss-reactive ketones (excluding diaryl/α,β-unsaturated/α-hetero) is 1. The van der Waals surface area contributed by atoms with Gasteiger partial charge < -0.3 is 20.2 Å². The van der Waals surface area contributed by atoms with Crippen molar-refractivity contribution >= 4 is 39.2 Å². The SMILES string of the molecule is Cc1cc(=O)[nH]c2ccc(CC(=O)c3cc4c(ccn4CC(N)=O)cc3N3CCCC3)cc12. The van der Waals surface area contributed by atoms with Crippen LogP contribution in [0.3, 0.4) is 0 Å². The summed E-state index contributed by atoms with van der Waals surface area (Å²) >= 11 is 0. The van der Waals surface area contributed by atoms with Crippen LogP contribution >= 0.6 is 0 Å². The van der Waals surface area contributed by atoms with Gasteiger partial charge in [-0.2, -0.15) is 0 Å². The van der Waals surface area contributed by atoms with Gasteiger partial charge in [0.05, 0.1) is 0 Å². The number of nitrogens with zero attached hydrogens (tertiary/aromatic N) is 2. The number of aromatic amines is 1. The lowest BCUT2D eigenvalue weighted by Crippen LogP contribution is -2.21. The van der Waals surface area contributed by atoms with Crippen LogP contribution in [-0.4, -0.2) is 34.3 Å². The van der Waals surface area contributed by atoms with E-state index >= 15 is 0 Å². The average Bonchev–Trinajstić information content (AvgIpc) is 3.43. The van der Waals surface area contributed by atoms with Crippen molar-refractivity contribution in [1.29, 1.82) is 0 Å². The fraction of sp³-hybridized carbons (Fsp3) is 0.269. The molecular formula is C26H26N4O3. The van der Waals surface area contributed by atoms with Gasteiger partial charge in [-0.25, -0.2) is 0 Å². The number of nitrogens with one attached hydrogen (secondary N) is 1. The molecule has 5 rings (SSSR count). The molecule has 2 aromatic carbocycles. The van der Waals surface area contributed by atoms with Gasteiger partial charge in [-0.1, -0.05) is 6.07 Å². The second kappa shape index (κ2) is 8.24. The summed E-state index contributed by atoms with van der Waals surface area (Å²) in [4.78, 5) is 41.9. The number of primary amides is 1. The molecule has 7 heteroatoms. The molecule has 1 aliphatic rings. The number of aromatic nitrogens is 2. The molecule has 7 nitrogen and oxygen atoms in total. The minimum absolute atomic E-state index is 0.0204. The van der Waals surface area contributed by atoms with E-state index in [9.17, 15) is 14.4 Å². The lowest BCUT2D eigenvalue weighted by molar-refractivity contribution is -0.118. The van der Waals surface area contributed by atoms with Crippen LogP contribution in [0.1, 0.15) is 34.3 Å². The van der Waals surface area contributed by atoms with Gasteiger partial charge in [-0.3, -0.25) is 14.4 Å². The van der Waals surface area contributed by atoms with Crippen molar-refractivity contribution in [2.24, 2.45) is 5.73 Å². The highest BCUT2D eigenvalue weighted by Crippen LogP contribution is 2.31. The summed E-state index contributed by atoms with van der Waals surface area (Å²) in [5, 5.41) is 1.92. The Labute approximate surface area is 190 Å². The first-order valence-electron chi connectivity index (χ1n) is 11.2. The van der Waals surface area contributed by atoms with Gasteiger partial charge in [-0.15, -0.1) is 0 Å². The summed E-state index contributed by atoms with van der Waals surface area (Å²) in [6.45, 7) is 3.82. The van der Waals surface area contributed by atoms with Gasteiger partial charge in [0.1, 0.15) is 6.54 Å². The van der Waals surface area contributed by atoms with Crippen LogP contribution in [0, 0.1) is 6.92 Å². The molecule has 0 bridgehead atoms. The number of carbonyl (C=O) groups excluding carboxylic acids is 2. The molecule has 0 aliphatic carbocycles. The molecule has 0 atom stereocenters. The molecule has 1 amide bonds. The van der Waals surface area contributed by atoms with E-state index in [1.54, 1.807) is 10.6 Å². The standard InChI is InChI=1S/C26H26N4O3/c1-16-10-26(33)28-21-5-4-17(11-19(16)21)12-24(31)20-14-22-18(6-9-30(22)15-25(27)32)13-23(20)29-7-2-3-8-29/h4-6,9-11,13-14H,2-3,7-8,12,15H2,1H3,(H2,27,32)(H,28,33). The van der Waals surface area contributed by atoms with Crippen LogP contribution in [-0.2, 0) is 17.8 Å². The molecule has 1 fully saturated rings. The molecule has 1 saturated heterocycles. The number of benzene rings is 2. The van der Waals surface area contributed by atoms with E-state index in [0.717, 1.165) is 64.6 Å². The lowest BCUT2D eigenvalue weighted by Gasteiger charge is -2.21. The first-order chi connectivity index (χ1) is 15.9. The summed E-state index contributed by atoms with van der Waals surface area (Å²) in [6, 6.07) is 13.2. The zero-order valence-corrected chi connectivity index (χ0v) is 18.6. The third-order valence-corrected chi connectivity index (χ3v) is 6.44. The molecule has 0 unspecified atom stereocenters. The van der Waals surface area contributed by atoms with E-state index in [2.05, 4.69) is 16.0 Å². The fourth-order valence-electron chi connectivity index (χ4n) is 4.84. The van der Waals surface area contributed by atoms with Crippen molar-refractivity contribution in [3.05, 3.63) is 75.7 Å². The Balaban J connectivity index is 1.56. The summed E-state index contributed by atoms with van der Waals surface area (Å²) in [7, 11) is 0. The Morgan fingerprint density at radius 3 is 2.61 bits per heavy atom. The number of hydrogen-bond donors (Lipinski definition) is 2. The minimum atomic E-state index is -0.423. The predicted molar refractivity (Wildman–Crippen MR) is 130 cm³/mol. The zero-order valence-electron chi connectivity index (χ0n) is 18.6. The number of amides is 1. The lowest BCUT2D eigenvalue weighted by atomic mass is 9.98. The van der Waals surface area contributed by atoms with Gasteiger partial charge in [0.25, 0.3) is 0 Å². The van der Waals surface area contributed by atoms with Crippen molar-refractivity contribution in [2.75, 3.05) is 18.0 Å². The highest BCUT2D eigenvalue weighted by Gasteiger charge is 2.22. The molecule has 4 aromatic rings. The number of carbonyl (C=O) groups is 2. The third kappa shape index (κ3) is 4.02. The van der Waals surface area contributed by atoms with E-state index in [4.69, 9.17) is 5.73 Å². The molecule has 3 heterocycles. The smallest absolute Gasteiger partial charge is 0.248 e. The number of anilines is 1. The molecule has 0 spiro atoms. The summed E-state index contributed by atoms with van der Waals surface area (Å²) in [5.74, 6) is -0.402. The number of hydrogen-bond acceptors (Lipinski definition) is 4. The quantitative estimate of drug-likeness (QED) is 0.447. The summed E-state index contributed by atoms with van der Waals surface area (Å²) in [5.41, 5.74) is 10.2. The monoisotopic (exact) mass is 442 g/mol. The van der Waals surface area contributed by atoms with E-state index in [0.29, 0.717) is 5.56 Å². The van der Waals surface area contributed by atoms with Gasteiger partial charge in [-0.05, 0) is 61.2 Å². The molecule has 168 valence electrons. The molecule has 1 aliphatic heterocycles. The van der Waals surface area contributed by atoms with Crippen LogP contribution in [0.15, 0.2) is 53.5 Å². The largest absolute Gasteiger partial charge is 0.371 e. The number of nitrogens with two attached hydrogens (primary N) is 1. The zero-order chi connectivity index (χ0) is 23.1. The van der Waals surface area contributed by atoms with Crippen LogP contribution in [0.25, 0.3) is 21.8 Å². The molecule has 33 heavy (non-hydrogen) atoms. The number of ketones is 1. The highest BCUT2D eigenvalue weighted by molar-refractivity contribution is 6.06. The van der Waals surface area contributed by atoms with Crippen LogP contribution in [0.4, 0.5) is 5.69 Å². The summed E-state index contributed by atoms with van der Waals surface area (Å²) < 4.78 is 1.79. The van der Waals surface area contributed by atoms with Crippen molar-refractivity contribution in [3.63, 3.8) is 0 Å². The van der Waals surface area contributed by atoms with E-state index < -0.39 is 5.91 Å². The maximum absolute atomic E-state index is 13.6. The first kappa shape index (κ1) is 21.0. The van der Waals surface area contributed by atoms with Crippen LogP contribution in [0.5, 0.6) is 0 Å². The number of aryl methyl sites for hydroxylation is 1. The van der Waals surface area contributed by atoms with Crippen molar-refractivity contribution < 1.29 is 9.59 Å². The Bertz CT molecular complexity index is 1460. The second-order valence-electron chi connectivity index (χ2n) is 8.83. The molecule has 2 aromatic heterocycles. The maximum atomic E-state index is 13.6. The second-order valence-corrected chi connectivity index (χ2v) is 8.83. The van der Waals surface area contributed by atoms with Crippen molar-refractivity contribution in [1.82, 2.24) is 9.55 Å². The Morgan fingerprint density at radius 2 is 1.85 bits per heavy atom. The topological polar surface area (TPSA) is 101 Å². The van der Waals surface area contributed by atoms with Crippen LogP contribution < -0.4 is 16.2 Å². The average molecular weight is 443 g/mol. The van der Waals surface area contributed by atoms with E-state index in [-0.39, 0.29) is 24.3 Å². The van der Waals surface area contributed by atoms with Crippen molar-refractivity contribution in [3.8, 4) is 0 Å². The number of rotatable bonds is 6. The highest BCUT2D eigenvalue weighted by atomic mass is 16.1. The molecule has 0 saturated carbocycles. The van der Waals surface area contributed by atoms with E-state index in [1.165, 1.54) is 0 Å². The van der Waals surface area contributed by atoms with Crippen molar-refractivity contribution in [2.45, 2.75) is 32.7 Å². The third-order valence-electron chi connectivity index (χ3n) is 6.44. The predicted octanol–water partition coefficient (Wildman–Crippen LogP) is 3.30. The Morgan fingerprint density at radius 1 is 1.06 bits per heavy atom. The van der Waals surface area contributed by atoms with Gasteiger partial charge in [0.15, 0.2) is 5.78 Å².